The number of hydrogen-bond donors (Lipinski definition) is 2. The Morgan fingerprint density at radius 1 is 1.43 bits per heavy atom. The van der Waals surface area contributed by atoms with E-state index in [9.17, 15) is 15.3 Å². The van der Waals surface area contributed by atoms with E-state index in [0.717, 1.165) is 0 Å². The minimum atomic E-state index is -0.926. The average Bonchev–Trinajstić information content (AvgIpc) is 2.99. The zero-order valence-corrected chi connectivity index (χ0v) is 13.1. The molecule has 0 aliphatic carbocycles. The van der Waals surface area contributed by atoms with Crippen LogP contribution < -0.4 is 5.73 Å². The van der Waals surface area contributed by atoms with Crippen LogP contribution in [0.3, 0.4) is 0 Å². The number of nitrogens with zero attached hydrogens (tertiary/aromatic N) is 4. The number of thioether (sulfide) groups is 1. The summed E-state index contributed by atoms with van der Waals surface area (Å²) >= 11 is 1.26. The number of aliphatic carboxylic acids is 1. The van der Waals surface area contributed by atoms with Crippen LogP contribution in [0.25, 0.3) is 11.3 Å². The van der Waals surface area contributed by atoms with Crippen LogP contribution in [0.1, 0.15) is 17.5 Å². The van der Waals surface area contributed by atoms with Crippen LogP contribution in [-0.4, -0.2) is 26.9 Å². The van der Waals surface area contributed by atoms with E-state index in [1.54, 1.807) is 29.2 Å². The molecule has 0 atom stereocenters. The van der Waals surface area contributed by atoms with E-state index in [-0.39, 0.29) is 29.9 Å². The molecule has 2 aromatic heterocycles. The number of carbonyl (C=O) groups is 1. The molecular formula is C15H13N5O2S. The molecule has 0 aliphatic rings. The van der Waals surface area contributed by atoms with Gasteiger partial charge in [-0.3, -0.25) is 4.79 Å². The molecule has 7 nitrogen and oxygen atoms in total. The Balaban J connectivity index is 2.71. The Kier molecular flexibility index (Phi) is 4.89. The zero-order valence-electron chi connectivity index (χ0n) is 12.3. The summed E-state index contributed by atoms with van der Waals surface area (Å²) < 4.78 is 1.69. The number of rotatable bonds is 5. The minimum Gasteiger partial charge on any atom is -0.481 e. The number of nitrogens with two attached hydrogens (primary N) is 1. The van der Waals surface area contributed by atoms with Gasteiger partial charge in [0.2, 0.25) is 0 Å². The van der Waals surface area contributed by atoms with Crippen molar-refractivity contribution in [3.05, 3.63) is 29.5 Å². The third-order valence-electron chi connectivity index (χ3n) is 3.26. The highest BCUT2D eigenvalue weighted by Crippen LogP contribution is 2.35. The van der Waals surface area contributed by atoms with Crippen molar-refractivity contribution in [3.8, 4) is 23.4 Å². The highest BCUT2D eigenvalue weighted by Gasteiger charge is 2.21. The van der Waals surface area contributed by atoms with Crippen LogP contribution in [0.4, 0.5) is 5.82 Å². The van der Waals surface area contributed by atoms with Crippen LogP contribution in [-0.2, 0) is 11.3 Å². The number of anilines is 1. The summed E-state index contributed by atoms with van der Waals surface area (Å²) in [7, 11) is 0. The summed E-state index contributed by atoms with van der Waals surface area (Å²) in [6, 6.07) is 7.53. The van der Waals surface area contributed by atoms with Crippen molar-refractivity contribution >= 4 is 23.5 Å². The van der Waals surface area contributed by atoms with E-state index in [2.05, 4.69) is 11.1 Å². The maximum absolute atomic E-state index is 10.8. The number of aryl methyl sites for hydroxylation is 1. The summed E-state index contributed by atoms with van der Waals surface area (Å²) in [5.41, 5.74) is 7.20. The predicted octanol–water partition coefficient (Wildman–Crippen LogP) is 2.07. The molecule has 2 heterocycles. The van der Waals surface area contributed by atoms with Crippen molar-refractivity contribution in [2.24, 2.45) is 0 Å². The summed E-state index contributed by atoms with van der Waals surface area (Å²) in [5, 5.41) is 28.2. The Bertz CT molecular complexity index is 845. The molecule has 8 heteroatoms. The minimum absolute atomic E-state index is 0.0526. The van der Waals surface area contributed by atoms with Gasteiger partial charge in [0.1, 0.15) is 28.5 Å². The van der Waals surface area contributed by atoms with Crippen LogP contribution >= 0.6 is 11.8 Å². The molecule has 0 amide bonds. The fourth-order valence-electron chi connectivity index (χ4n) is 2.25. The van der Waals surface area contributed by atoms with Crippen LogP contribution in [0.5, 0.6) is 0 Å². The quantitative estimate of drug-likeness (QED) is 0.804. The monoisotopic (exact) mass is 327 g/mol. The van der Waals surface area contributed by atoms with Gasteiger partial charge in [0.25, 0.3) is 0 Å². The summed E-state index contributed by atoms with van der Waals surface area (Å²) in [5.74, 6) is -0.874. The van der Waals surface area contributed by atoms with Crippen molar-refractivity contribution < 1.29 is 9.90 Å². The van der Waals surface area contributed by atoms with Gasteiger partial charge in [0.15, 0.2) is 0 Å². The molecule has 0 saturated carbocycles. The third kappa shape index (κ3) is 3.12. The van der Waals surface area contributed by atoms with Gasteiger partial charge in [-0.15, -0.1) is 11.8 Å². The molecule has 0 aliphatic heterocycles. The Morgan fingerprint density at radius 2 is 2.13 bits per heavy atom. The maximum Gasteiger partial charge on any atom is 0.305 e. The van der Waals surface area contributed by atoms with E-state index in [1.807, 2.05) is 6.07 Å². The molecule has 116 valence electrons. The Hall–Kier alpha value is -2.97. The summed E-state index contributed by atoms with van der Waals surface area (Å²) in [4.78, 5) is 14.9. The molecule has 0 fully saturated rings. The zero-order chi connectivity index (χ0) is 17.0. The van der Waals surface area contributed by atoms with Crippen molar-refractivity contribution in [1.82, 2.24) is 9.55 Å². The number of nitriles is 2. The van der Waals surface area contributed by atoms with E-state index in [0.29, 0.717) is 16.3 Å². The van der Waals surface area contributed by atoms with Gasteiger partial charge in [-0.2, -0.15) is 10.5 Å². The molecule has 2 rings (SSSR count). The van der Waals surface area contributed by atoms with E-state index in [4.69, 9.17) is 10.8 Å². The lowest BCUT2D eigenvalue weighted by Crippen LogP contribution is -2.08. The van der Waals surface area contributed by atoms with Crippen LogP contribution in [0.15, 0.2) is 23.4 Å². The second-order valence-corrected chi connectivity index (χ2v) is 5.38. The second-order valence-electron chi connectivity index (χ2n) is 4.59. The highest BCUT2D eigenvalue weighted by molar-refractivity contribution is 7.98. The number of nitrogen functional groups attached to an aromatic ring is 1. The maximum atomic E-state index is 10.8. The number of aromatic nitrogens is 2. The Morgan fingerprint density at radius 3 is 2.70 bits per heavy atom. The van der Waals surface area contributed by atoms with Crippen molar-refractivity contribution in [3.63, 3.8) is 0 Å². The molecule has 3 N–H and O–H groups in total. The van der Waals surface area contributed by atoms with Crippen molar-refractivity contribution in [2.75, 3.05) is 12.0 Å². The summed E-state index contributed by atoms with van der Waals surface area (Å²) in [6.07, 6.45) is 3.40. The van der Waals surface area contributed by atoms with Crippen molar-refractivity contribution in [2.45, 2.75) is 18.0 Å². The first-order chi connectivity index (χ1) is 11.0. The van der Waals surface area contributed by atoms with E-state index < -0.39 is 5.97 Å². The van der Waals surface area contributed by atoms with E-state index >= 15 is 0 Å². The van der Waals surface area contributed by atoms with Gasteiger partial charge in [-0.1, -0.05) is 0 Å². The van der Waals surface area contributed by atoms with Gasteiger partial charge < -0.3 is 15.4 Å². The number of hydrogen-bond acceptors (Lipinski definition) is 6. The first kappa shape index (κ1) is 16.4. The molecular weight excluding hydrogens is 314 g/mol. The van der Waals surface area contributed by atoms with Crippen LogP contribution in [0.2, 0.25) is 0 Å². The number of pyridine rings is 1. The lowest BCUT2D eigenvalue weighted by atomic mass is 10.0. The SMILES string of the molecule is CSc1nc(N)c(C#N)c(-c2cccn2CCC(=O)O)c1C#N. The van der Waals surface area contributed by atoms with Gasteiger partial charge in [-0.05, 0) is 18.4 Å². The molecule has 0 saturated heterocycles. The molecule has 0 spiro atoms. The van der Waals surface area contributed by atoms with Gasteiger partial charge in [0.05, 0.1) is 17.7 Å². The van der Waals surface area contributed by atoms with Gasteiger partial charge in [0, 0.05) is 18.3 Å². The average molecular weight is 327 g/mol. The van der Waals surface area contributed by atoms with Crippen molar-refractivity contribution in [1.29, 1.82) is 10.5 Å². The van der Waals surface area contributed by atoms with Crippen LogP contribution in [0, 0.1) is 22.7 Å². The lowest BCUT2D eigenvalue weighted by molar-refractivity contribution is -0.137. The molecule has 23 heavy (non-hydrogen) atoms. The first-order valence-electron chi connectivity index (χ1n) is 6.58. The lowest BCUT2D eigenvalue weighted by Gasteiger charge is -2.14. The third-order valence-corrected chi connectivity index (χ3v) is 3.94. The topological polar surface area (TPSA) is 129 Å². The van der Waals surface area contributed by atoms with Gasteiger partial charge >= 0.3 is 5.97 Å². The number of carboxylic acid groups (broad SMARTS) is 1. The second kappa shape index (κ2) is 6.86. The van der Waals surface area contributed by atoms with E-state index in [1.165, 1.54) is 11.8 Å². The standard InChI is InChI=1S/C15H13N5O2S/c1-23-15-10(8-17)13(9(7-16)14(18)19-15)11-3-2-5-20(11)6-4-12(21)22/h2-3,5H,4,6H2,1H3,(H2,18,19)(H,21,22). The smallest absolute Gasteiger partial charge is 0.305 e. The molecule has 2 aromatic rings. The predicted molar refractivity (Wildman–Crippen MR) is 85.5 cm³/mol. The highest BCUT2D eigenvalue weighted by atomic mass is 32.2. The molecule has 0 radical (unpaired) electrons. The fourth-order valence-corrected chi connectivity index (χ4v) is 2.80. The number of carboxylic acids is 1. The summed E-state index contributed by atoms with van der Waals surface area (Å²) in [6.45, 7) is 0.226. The fraction of sp³-hybridized carbons (Fsp3) is 0.200. The normalized spacial score (nSPS) is 10.0. The molecule has 0 bridgehead atoms. The molecule has 0 unspecified atom stereocenters. The molecule has 0 aromatic carbocycles. The Labute approximate surface area is 137 Å². The first-order valence-corrected chi connectivity index (χ1v) is 7.80. The van der Waals surface area contributed by atoms with Gasteiger partial charge in [-0.25, -0.2) is 4.98 Å². The largest absolute Gasteiger partial charge is 0.481 e.